The first kappa shape index (κ1) is 34.2. The van der Waals surface area contributed by atoms with Gasteiger partial charge in [-0.2, -0.15) is 0 Å². The quantitative estimate of drug-likeness (QED) is 0.229. The number of amides is 1. The number of piperidine rings is 1. The molecular formula is C38H48Cl2N2O2S. The maximum Gasteiger partial charge on any atom is 0.254 e. The summed E-state index contributed by atoms with van der Waals surface area (Å²) >= 11 is 12.8. The van der Waals surface area contributed by atoms with Crippen LogP contribution in [0.2, 0.25) is 10.0 Å². The van der Waals surface area contributed by atoms with Crippen molar-refractivity contribution in [3.63, 3.8) is 0 Å². The zero-order chi connectivity index (χ0) is 32.4. The fourth-order valence-corrected chi connectivity index (χ4v) is 8.80. The summed E-state index contributed by atoms with van der Waals surface area (Å²) in [7, 11) is 0.967. The van der Waals surface area contributed by atoms with Crippen LogP contribution in [-0.2, 0) is 23.6 Å². The number of rotatable bonds is 9. The fourth-order valence-electron chi connectivity index (χ4n) is 7.57. The van der Waals surface area contributed by atoms with Gasteiger partial charge in [0.1, 0.15) is 0 Å². The van der Waals surface area contributed by atoms with Gasteiger partial charge < -0.3 is 9.80 Å². The molecule has 3 aromatic carbocycles. The first-order chi connectivity index (χ1) is 21.5. The number of likely N-dealkylation sites (tertiary alicyclic amines) is 1. The van der Waals surface area contributed by atoms with Gasteiger partial charge in [0.2, 0.25) is 0 Å². The normalized spacial score (nSPS) is 17.2. The molecule has 5 rings (SSSR count). The number of hydrogen-bond acceptors (Lipinski definition) is 3. The minimum Gasteiger partial charge on any atom is -0.341 e. The van der Waals surface area contributed by atoms with Crippen LogP contribution in [0, 0.1) is 27.7 Å². The molecule has 1 aliphatic heterocycles. The Kier molecular flexibility index (Phi) is 11.2. The van der Waals surface area contributed by atoms with Crippen molar-refractivity contribution in [2.45, 2.75) is 89.4 Å². The van der Waals surface area contributed by atoms with Crippen molar-refractivity contribution in [1.82, 2.24) is 9.80 Å². The maximum absolute atomic E-state index is 14.2. The van der Waals surface area contributed by atoms with Gasteiger partial charge in [0, 0.05) is 36.2 Å². The van der Waals surface area contributed by atoms with Crippen molar-refractivity contribution in [2.24, 2.45) is 0 Å². The highest BCUT2D eigenvalue weighted by atomic mass is 35.5. The zero-order valence-corrected chi connectivity index (χ0v) is 30.1. The van der Waals surface area contributed by atoms with Gasteiger partial charge in [0.15, 0.2) is 0 Å². The number of aryl methyl sites for hydroxylation is 1. The zero-order valence-electron chi connectivity index (χ0n) is 27.8. The molecule has 2 aliphatic rings. The molecule has 242 valence electrons. The first-order valence-electron chi connectivity index (χ1n) is 16.4. The average Bonchev–Trinajstić information content (AvgIpc) is 3.03. The van der Waals surface area contributed by atoms with E-state index < -0.39 is 10.8 Å². The van der Waals surface area contributed by atoms with Gasteiger partial charge in [-0.05, 0) is 161 Å². The van der Waals surface area contributed by atoms with Crippen LogP contribution in [0.3, 0.4) is 0 Å². The van der Waals surface area contributed by atoms with Crippen LogP contribution in [0.25, 0.3) is 0 Å². The van der Waals surface area contributed by atoms with Crippen molar-refractivity contribution in [3.05, 3.63) is 96.5 Å². The monoisotopic (exact) mass is 666 g/mol. The smallest absolute Gasteiger partial charge is 0.254 e. The van der Waals surface area contributed by atoms with Gasteiger partial charge in [0.05, 0.1) is 20.8 Å². The van der Waals surface area contributed by atoms with Gasteiger partial charge in [0.25, 0.3) is 5.91 Å². The SMILES string of the molecule is Cc1ccc(C2CCN(CC[C@H](CN(C)C(=O)c3c(C)c(C)c(C)c4c3CCCC4)c3ccc(Cl)c(Cl)c3)CC2)c([S@](C)=O)c1. The summed E-state index contributed by atoms with van der Waals surface area (Å²) in [6, 6.07) is 12.3. The molecule has 45 heavy (non-hydrogen) atoms. The van der Waals surface area contributed by atoms with Crippen LogP contribution < -0.4 is 0 Å². The minimum atomic E-state index is -0.991. The van der Waals surface area contributed by atoms with Crippen molar-refractivity contribution in [3.8, 4) is 0 Å². The van der Waals surface area contributed by atoms with E-state index in [9.17, 15) is 9.00 Å². The molecule has 1 fully saturated rings. The van der Waals surface area contributed by atoms with Gasteiger partial charge >= 0.3 is 0 Å². The molecular weight excluding hydrogens is 619 g/mol. The number of carbonyl (C=O) groups excluding carboxylic acids is 1. The molecule has 1 amide bonds. The second-order valence-corrected chi connectivity index (χ2v) is 15.5. The standard InChI is InChI=1S/C38H48Cl2N2O2S/c1-24-11-13-32(36(21-24)45(6)44)28-15-18-42(19-16-28)20-17-30(29-12-14-34(39)35(40)22-29)23-41(5)38(43)37-27(4)25(2)26(3)31-9-7-8-10-33(31)37/h11-14,21-22,28,30H,7-10,15-20,23H2,1-6H3/t30-,45+/m1/s1. The lowest BCUT2D eigenvalue weighted by atomic mass is 9.80. The van der Waals surface area contributed by atoms with Crippen molar-refractivity contribution in [2.75, 3.05) is 39.5 Å². The molecule has 1 heterocycles. The molecule has 0 bridgehead atoms. The number of carbonyl (C=O) groups is 1. The van der Waals surface area contributed by atoms with Gasteiger partial charge in [-0.3, -0.25) is 9.00 Å². The predicted octanol–water partition coefficient (Wildman–Crippen LogP) is 8.97. The summed E-state index contributed by atoms with van der Waals surface area (Å²) in [5.41, 5.74) is 10.9. The Balaban J connectivity index is 1.31. The van der Waals surface area contributed by atoms with Gasteiger partial charge in [-0.1, -0.05) is 41.4 Å². The van der Waals surface area contributed by atoms with E-state index in [1.165, 1.54) is 34.2 Å². The van der Waals surface area contributed by atoms with Gasteiger partial charge in [-0.25, -0.2) is 0 Å². The molecule has 3 aromatic rings. The van der Waals surface area contributed by atoms with Crippen molar-refractivity contribution in [1.29, 1.82) is 0 Å². The van der Waals surface area contributed by atoms with Crippen LogP contribution >= 0.6 is 23.2 Å². The third-order valence-corrected chi connectivity index (χ3v) is 12.2. The molecule has 4 nitrogen and oxygen atoms in total. The molecule has 0 unspecified atom stereocenters. The van der Waals surface area contributed by atoms with E-state index in [2.05, 4.69) is 56.9 Å². The van der Waals surface area contributed by atoms with Crippen LogP contribution in [0.4, 0.5) is 0 Å². The summed E-state index contributed by atoms with van der Waals surface area (Å²) in [5, 5.41) is 1.10. The Morgan fingerprint density at radius 1 is 0.933 bits per heavy atom. The molecule has 0 spiro atoms. The van der Waals surface area contributed by atoms with Crippen LogP contribution in [0.1, 0.15) is 98.8 Å². The number of benzene rings is 3. The van der Waals surface area contributed by atoms with Crippen molar-refractivity contribution >= 4 is 39.9 Å². The maximum atomic E-state index is 14.2. The third-order valence-electron chi connectivity index (χ3n) is 10.5. The Morgan fingerprint density at radius 2 is 1.62 bits per heavy atom. The van der Waals surface area contributed by atoms with Crippen LogP contribution in [0.15, 0.2) is 41.3 Å². The molecule has 0 aromatic heterocycles. The average molecular weight is 668 g/mol. The minimum absolute atomic E-state index is 0.125. The number of hydrogen-bond donors (Lipinski definition) is 0. The first-order valence-corrected chi connectivity index (χ1v) is 18.8. The Morgan fingerprint density at radius 3 is 2.29 bits per heavy atom. The summed E-state index contributed by atoms with van der Waals surface area (Å²) in [5.74, 6) is 0.685. The number of halogens is 2. The van der Waals surface area contributed by atoms with Gasteiger partial charge in [-0.15, -0.1) is 0 Å². The van der Waals surface area contributed by atoms with Crippen molar-refractivity contribution < 1.29 is 9.00 Å². The Labute approximate surface area is 282 Å². The molecule has 0 saturated carbocycles. The molecule has 1 aliphatic carbocycles. The number of nitrogens with zero attached hydrogens (tertiary/aromatic N) is 2. The summed E-state index contributed by atoms with van der Waals surface area (Å²) in [6.45, 7) is 12.1. The molecule has 1 saturated heterocycles. The molecule has 0 radical (unpaired) electrons. The third kappa shape index (κ3) is 7.53. The lowest BCUT2D eigenvalue weighted by molar-refractivity contribution is 0.0779. The highest BCUT2D eigenvalue weighted by Gasteiger charge is 2.29. The summed E-state index contributed by atoms with van der Waals surface area (Å²) in [4.78, 5) is 19.7. The van der Waals surface area contributed by atoms with E-state index in [0.717, 1.165) is 85.3 Å². The molecule has 0 N–H and O–H groups in total. The van der Waals surface area contributed by atoms with E-state index >= 15 is 0 Å². The second-order valence-electron chi connectivity index (χ2n) is 13.4. The summed E-state index contributed by atoms with van der Waals surface area (Å²) in [6.07, 6.45) is 9.20. The van der Waals surface area contributed by atoms with Crippen LogP contribution in [-0.4, -0.2) is 59.4 Å². The fraction of sp³-hybridized carbons (Fsp3) is 0.500. The van der Waals surface area contributed by atoms with E-state index in [-0.39, 0.29) is 11.8 Å². The Hall–Kier alpha value is -2.18. The lowest BCUT2D eigenvalue weighted by Crippen LogP contribution is -2.37. The number of likely N-dealkylation sites (N-methyl/N-ethyl adjacent to an activating group) is 1. The molecule has 7 heteroatoms. The molecule has 2 atom stereocenters. The van der Waals surface area contributed by atoms with E-state index in [0.29, 0.717) is 22.5 Å². The Bertz CT molecular complexity index is 1600. The largest absolute Gasteiger partial charge is 0.341 e. The van der Waals surface area contributed by atoms with E-state index in [4.69, 9.17) is 23.2 Å². The summed E-state index contributed by atoms with van der Waals surface area (Å²) < 4.78 is 12.5. The highest BCUT2D eigenvalue weighted by Crippen LogP contribution is 2.36. The number of fused-ring (bicyclic) bond motifs is 1. The predicted molar refractivity (Wildman–Crippen MR) is 190 cm³/mol. The second kappa shape index (κ2) is 14.7. The topological polar surface area (TPSA) is 40.6 Å². The van der Waals surface area contributed by atoms with Crippen LogP contribution in [0.5, 0.6) is 0 Å². The van der Waals surface area contributed by atoms with E-state index in [1.54, 1.807) is 6.26 Å². The highest BCUT2D eigenvalue weighted by molar-refractivity contribution is 7.84. The van der Waals surface area contributed by atoms with E-state index in [1.807, 2.05) is 24.1 Å². The lowest BCUT2D eigenvalue weighted by Gasteiger charge is -2.34.